The molecule has 0 saturated heterocycles. The minimum atomic E-state index is 0.461. The van der Waals surface area contributed by atoms with Gasteiger partial charge in [-0.25, -0.2) is 0 Å². The number of benzene rings is 1. The van der Waals surface area contributed by atoms with Gasteiger partial charge in [0.1, 0.15) is 12.4 Å². The molecule has 1 aromatic heterocycles. The van der Waals surface area contributed by atoms with E-state index in [0.717, 1.165) is 45.7 Å². The van der Waals surface area contributed by atoms with E-state index in [-0.39, 0.29) is 0 Å². The number of ether oxygens (including phenoxy) is 1. The quantitative estimate of drug-likeness (QED) is 0.865. The number of hydrogen-bond donors (Lipinski definition) is 1. The van der Waals surface area contributed by atoms with Gasteiger partial charge >= 0.3 is 0 Å². The lowest BCUT2D eigenvalue weighted by Gasteiger charge is -2.14. The number of aryl methyl sites for hydroxylation is 3. The van der Waals surface area contributed by atoms with Crippen molar-refractivity contribution in [3.8, 4) is 5.75 Å². The molecule has 5 heteroatoms. The summed E-state index contributed by atoms with van der Waals surface area (Å²) in [6.45, 7) is 8.05. The van der Waals surface area contributed by atoms with Crippen LogP contribution in [0.5, 0.6) is 5.75 Å². The van der Waals surface area contributed by atoms with Crippen molar-refractivity contribution in [2.45, 2.75) is 46.9 Å². The second-order valence-electron chi connectivity index (χ2n) is 5.00. The Morgan fingerprint density at radius 2 is 2.05 bits per heavy atom. The third-order valence-corrected chi connectivity index (χ3v) is 3.93. The summed E-state index contributed by atoms with van der Waals surface area (Å²) in [4.78, 5) is 0. The molecule has 0 fully saturated rings. The minimum absolute atomic E-state index is 0.461. The Morgan fingerprint density at radius 1 is 1.29 bits per heavy atom. The average Bonchev–Trinajstić information content (AvgIpc) is 2.88. The smallest absolute Gasteiger partial charge is 0.130 e. The van der Waals surface area contributed by atoms with Crippen LogP contribution in [0.1, 0.15) is 36.4 Å². The number of nitrogens with two attached hydrogens (primary N) is 1. The Morgan fingerprint density at radius 3 is 2.67 bits per heavy atom. The van der Waals surface area contributed by atoms with Gasteiger partial charge in [0.05, 0.1) is 11.4 Å². The highest BCUT2D eigenvalue weighted by Crippen LogP contribution is 2.28. The van der Waals surface area contributed by atoms with Gasteiger partial charge in [0, 0.05) is 23.1 Å². The summed E-state index contributed by atoms with van der Waals surface area (Å²) in [7, 11) is 0. The van der Waals surface area contributed by atoms with E-state index in [1.165, 1.54) is 0 Å². The fraction of sp³-hybridized carbons (Fsp3) is 0.438. The molecule has 0 radical (unpaired) electrons. The van der Waals surface area contributed by atoms with Crippen molar-refractivity contribution < 1.29 is 4.74 Å². The number of halogens is 1. The van der Waals surface area contributed by atoms with Crippen LogP contribution in [0.15, 0.2) is 22.7 Å². The van der Waals surface area contributed by atoms with Gasteiger partial charge in [-0.3, -0.25) is 4.68 Å². The van der Waals surface area contributed by atoms with E-state index >= 15 is 0 Å². The molecule has 0 bridgehead atoms. The van der Waals surface area contributed by atoms with Crippen molar-refractivity contribution in [1.29, 1.82) is 0 Å². The van der Waals surface area contributed by atoms with Gasteiger partial charge in [-0.1, -0.05) is 22.9 Å². The Kier molecular flexibility index (Phi) is 5.42. The molecule has 2 N–H and O–H groups in total. The van der Waals surface area contributed by atoms with Crippen LogP contribution in [0.2, 0.25) is 0 Å². The van der Waals surface area contributed by atoms with Crippen LogP contribution < -0.4 is 10.5 Å². The van der Waals surface area contributed by atoms with Gasteiger partial charge in [0.2, 0.25) is 0 Å². The van der Waals surface area contributed by atoms with Gasteiger partial charge < -0.3 is 10.5 Å². The molecule has 0 amide bonds. The first-order valence-electron chi connectivity index (χ1n) is 7.26. The maximum atomic E-state index is 6.04. The van der Waals surface area contributed by atoms with Gasteiger partial charge in [0.15, 0.2) is 0 Å². The molecule has 0 spiro atoms. The molecule has 4 nitrogen and oxygen atoms in total. The Bertz CT molecular complexity index is 622. The molecule has 2 rings (SSSR count). The summed E-state index contributed by atoms with van der Waals surface area (Å²) in [6.07, 6.45) is 0.936. The first-order chi connectivity index (χ1) is 10.1. The first kappa shape index (κ1) is 16.0. The van der Waals surface area contributed by atoms with Crippen molar-refractivity contribution in [2.75, 3.05) is 0 Å². The second kappa shape index (κ2) is 7.09. The fourth-order valence-corrected chi connectivity index (χ4v) is 3.00. The molecular formula is C16H22BrN3O. The van der Waals surface area contributed by atoms with Crippen molar-refractivity contribution >= 4 is 15.9 Å². The highest BCUT2D eigenvalue weighted by Gasteiger charge is 2.11. The molecule has 0 aliphatic rings. The third-order valence-electron chi connectivity index (χ3n) is 3.48. The zero-order valence-electron chi connectivity index (χ0n) is 12.8. The summed E-state index contributed by atoms with van der Waals surface area (Å²) in [6, 6.07) is 6.17. The van der Waals surface area contributed by atoms with Crippen molar-refractivity contribution in [1.82, 2.24) is 9.78 Å². The Balaban J connectivity index is 2.22. The summed E-state index contributed by atoms with van der Waals surface area (Å²) in [5.74, 6) is 0.877. The van der Waals surface area contributed by atoms with E-state index in [1.54, 1.807) is 0 Å². The van der Waals surface area contributed by atoms with E-state index in [4.69, 9.17) is 10.5 Å². The van der Waals surface area contributed by atoms with Crippen molar-refractivity contribution in [2.24, 2.45) is 5.73 Å². The normalized spacial score (nSPS) is 10.9. The van der Waals surface area contributed by atoms with Crippen LogP contribution in [-0.2, 0) is 26.1 Å². The second-order valence-corrected chi connectivity index (χ2v) is 5.92. The van der Waals surface area contributed by atoms with Crippen LogP contribution >= 0.6 is 15.9 Å². The van der Waals surface area contributed by atoms with Crippen LogP contribution in [-0.4, -0.2) is 9.78 Å². The highest BCUT2D eigenvalue weighted by molar-refractivity contribution is 9.10. The molecule has 2 aromatic rings. The maximum Gasteiger partial charge on any atom is 0.130 e. The van der Waals surface area contributed by atoms with Crippen LogP contribution in [0.3, 0.4) is 0 Å². The number of rotatable bonds is 6. The lowest BCUT2D eigenvalue weighted by Crippen LogP contribution is -2.09. The van der Waals surface area contributed by atoms with Gasteiger partial charge in [-0.15, -0.1) is 0 Å². The standard InChI is InChI=1S/C16H22BrN3O/c1-4-14-8-15(20(5-2)19-14)10-21-16-11(3)6-13(17)7-12(16)9-18/h6-8H,4-5,9-10,18H2,1-3H3. The molecular weight excluding hydrogens is 330 g/mol. The largest absolute Gasteiger partial charge is 0.487 e. The summed E-state index contributed by atoms with van der Waals surface area (Å²) < 4.78 is 9.06. The maximum absolute atomic E-state index is 6.04. The molecule has 1 aromatic carbocycles. The third kappa shape index (κ3) is 3.66. The lowest BCUT2D eigenvalue weighted by atomic mass is 10.1. The lowest BCUT2D eigenvalue weighted by molar-refractivity contribution is 0.287. The molecule has 114 valence electrons. The van der Waals surface area contributed by atoms with Gasteiger partial charge in [-0.05, 0) is 44.0 Å². The SMILES string of the molecule is CCc1cc(COc2c(C)cc(Br)cc2CN)n(CC)n1. The number of aromatic nitrogens is 2. The van der Waals surface area contributed by atoms with Crippen molar-refractivity contribution in [3.05, 3.63) is 45.2 Å². The molecule has 21 heavy (non-hydrogen) atoms. The molecule has 0 aliphatic heterocycles. The predicted octanol–water partition coefficient (Wildman–Crippen LogP) is 3.57. The molecule has 0 saturated carbocycles. The predicted molar refractivity (Wildman–Crippen MR) is 88.4 cm³/mol. The molecule has 0 aliphatic carbocycles. The van der Waals surface area contributed by atoms with E-state index in [1.807, 2.05) is 23.7 Å². The van der Waals surface area contributed by atoms with Crippen LogP contribution in [0.4, 0.5) is 0 Å². The average molecular weight is 352 g/mol. The van der Waals surface area contributed by atoms with Crippen molar-refractivity contribution in [3.63, 3.8) is 0 Å². The zero-order valence-corrected chi connectivity index (χ0v) is 14.4. The summed E-state index contributed by atoms with van der Waals surface area (Å²) >= 11 is 3.49. The Hall–Kier alpha value is -1.33. The number of hydrogen-bond acceptors (Lipinski definition) is 3. The summed E-state index contributed by atoms with van der Waals surface area (Å²) in [5, 5.41) is 4.54. The van der Waals surface area contributed by atoms with Crippen LogP contribution in [0.25, 0.3) is 0 Å². The fourth-order valence-electron chi connectivity index (χ4n) is 2.38. The van der Waals surface area contributed by atoms with E-state index in [0.29, 0.717) is 13.2 Å². The Labute approximate surface area is 134 Å². The molecule has 0 unspecified atom stereocenters. The number of nitrogens with zero attached hydrogens (tertiary/aromatic N) is 2. The van der Waals surface area contributed by atoms with E-state index in [2.05, 4.69) is 40.9 Å². The first-order valence-corrected chi connectivity index (χ1v) is 8.05. The van der Waals surface area contributed by atoms with E-state index < -0.39 is 0 Å². The van der Waals surface area contributed by atoms with E-state index in [9.17, 15) is 0 Å². The molecule has 0 atom stereocenters. The van der Waals surface area contributed by atoms with Crippen LogP contribution in [0, 0.1) is 6.92 Å². The molecule has 1 heterocycles. The highest BCUT2D eigenvalue weighted by atomic mass is 79.9. The van der Waals surface area contributed by atoms with Gasteiger partial charge in [0.25, 0.3) is 0 Å². The monoisotopic (exact) mass is 351 g/mol. The zero-order chi connectivity index (χ0) is 15.4. The minimum Gasteiger partial charge on any atom is -0.487 e. The summed E-state index contributed by atoms with van der Waals surface area (Å²) in [5.41, 5.74) is 10.1. The van der Waals surface area contributed by atoms with Gasteiger partial charge in [-0.2, -0.15) is 5.10 Å². The topological polar surface area (TPSA) is 53.1 Å².